The Morgan fingerprint density at radius 2 is 2.04 bits per heavy atom. The molecule has 0 radical (unpaired) electrons. The highest BCUT2D eigenvalue weighted by atomic mass is 19.1. The summed E-state index contributed by atoms with van der Waals surface area (Å²) in [5.74, 6) is -0.146. The first-order chi connectivity index (χ1) is 11.6. The first-order valence-electron chi connectivity index (χ1n) is 7.59. The fourth-order valence-electron chi connectivity index (χ4n) is 2.25. The van der Waals surface area contributed by atoms with E-state index in [4.69, 9.17) is 11.1 Å². The van der Waals surface area contributed by atoms with E-state index in [0.717, 1.165) is 11.8 Å². The Bertz CT molecular complexity index is 731. The summed E-state index contributed by atoms with van der Waals surface area (Å²) in [7, 11) is 0. The number of rotatable bonds is 8. The van der Waals surface area contributed by atoms with Gasteiger partial charge in [-0.15, -0.1) is 0 Å². The number of phenols is 1. The highest BCUT2D eigenvalue weighted by molar-refractivity contribution is 6.08. The van der Waals surface area contributed by atoms with Gasteiger partial charge < -0.3 is 26.9 Å². The van der Waals surface area contributed by atoms with Crippen LogP contribution in [0.3, 0.4) is 0 Å². The van der Waals surface area contributed by atoms with Gasteiger partial charge in [-0.05, 0) is 35.4 Å². The fourth-order valence-corrected chi connectivity index (χ4v) is 2.25. The monoisotopic (exact) mass is 328 g/mol. The van der Waals surface area contributed by atoms with E-state index in [2.05, 4.69) is 10.6 Å². The first-order valence-corrected chi connectivity index (χ1v) is 7.59. The van der Waals surface area contributed by atoms with Gasteiger partial charge in [-0.25, -0.2) is 4.39 Å². The number of benzene rings is 2. The van der Waals surface area contributed by atoms with Crippen molar-refractivity contribution in [1.82, 2.24) is 5.32 Å². The summed E-state index contributed by atoms with van der Waals surface area (Å²) in [6, 6.07) is 11.7. The van der Waals surface area contributed by atoms with Gasteiger partial charge in [0.25, 0.3) is 0 Å². The Kier molecular flexibility index (Phi) is 6.33. The van der Waals surface area contributed by atoms with Gasteiger partial charge in [0.05, 0.1) is 5.69 Å². The molecule has 0 saturated carbocycles. The summed E-state index contributed by atoms with van der Waals surface area (Å²) in [5, 5.41) is 22.8. The van der Waals surface area contributed by atoms with Crippen LogP contribution in [0.5, 0.6) is 5.75 Å². The number of nitrogens with two attached hydrogens (primary N) is 1. The van der Waals surface area contributed by atoms with Crippen molar-refractivity contribution in [2.45, 2.75) is 6.54 Å². The molecule has 0 aliphatic carbocycles. The number of hydrogen-bond donors (Lipinski definition) is 5. The predicted octanol–water partition coefficient (Wildman–Crippen LogP) is 2.68. The Labute approximate surface area is 140 Å². The van der Waals surface area contributed by atoms with Crippen LogP contribution in [0.1, 0.15) is 11.1 Å². The third kappa shape index (κ3) is 4.82. The summed E-state index contributed by atoms with van der Waals surface area (Å²) in [6.45, 7) is 1.83. The van der Waals surface area contributed by atoms with Gasteiger partial charge in [0, 0.05) is 37.6 Å². The van der Waals surface area contributed by atoms with Gasteiger partial charge in [-0.3, -0.25) is 0 Å². The van der Waals surface area contributed by atoms with Crippen LogP contribution in [-0.2, 0) is 6.54 Å². The highest BCUT2D eigenvalue weighted by Gasteiger charge is 2.05. The van der Waals surface area contributed by atoms with Crippen molar-refractivity contribution in [3.05, 3.63) is 65.6 Å². The van der Waals surface area contributed by atoms with Gasteiger partial charge in [-0.2, -0.15) is 0 Å². The van der Waals surface area contributed by atoms with E-state index in [9.17, 15) is 9.50 Å². The second-order valence-corrected chi connectivity index (χ2v) is 5.23. The molecular weight excluding hydrogens is 307 g/mol. The minimum atomic E-state index is -0.387. The molecule has 0 saturated heterocycles. The van der Waals surface area contributed by atoms with E-state index in [-0.39, 0.29) is 11.6 Å². The van der Waals surface area contributed by atoms with Crippen molar-refractivity contribution in [2.24, 2.45) is 5.73 Å². The lowest BCUT2D eigenvalue weighted by atomic mass is 10.1. The quantitative estimate of drug-likeness (QED) is 0.380. The van der Waals surface area contributed by atoms with Crippen LogP contribution in [0.25, 0.3) is 5.57 Å². The Morgan fingerprint density at radius 3 is 2.71 bits per heavy atom. The van der Waals surface area contributed by atoms with E-state index in [0.29, 0.717) is 36.5 Å². The molecule has 0 heterocycles. The van der Waals surface area contributed by atoms with Crippen molar-refractivity contribution in [2.75, 3.05) is 18.4 Å². The third-order valence-corrected chi connectivity index (χ3v) is 3.49. The molecule has 0 amide bonds. The van der Waals surface area contributed by atoms with E-state index < -0.39 is 0 Å². The average molecular weight is 328 g/mol. The third-order valence-electron chi connectivity index (χ3n) is 3.49. The van der Waals surface area contributed by atoms with Crippen LogP contribution in [-0.4, -0.2) is 24.4 Å². The molecule has 0 unspecified atom stereocenters. The summed E-state index contributed by atoms with van der Waals surface area (Å²) < 4.78 is 14.0. The van der Waals surface area contributed by atoms with Crippen molar-refractivity contribution in [3.63, 3.8) is 0 Å². The molecule has 0 aliphatic heterocycles. The van der Waals surface area contributed by atoms with E-state index in [1.54, 1.807) is 30.3 Å². The minimum absolute atomic E-state index is 0.241. The van der Waals surface area contributed by atoms with Crippen LogP contribution in [0.15, 0.2) is 48.7 Å². The predicted molar refractivity (Wildman–Crippen MR) is 95.7 cm³/mol. The maximum atomic E-state index is 14.0. The number of phenolic OH excluding ortho intramolecular Hbond substituents is 1. The number of halogens is 1. The van der Waals surface area contributed by atoms with Crippen molar-refractivity contribution in [3.8, 4) is 5.75 Å². The zero-order valence-electron chi connectivity index (χ0n) is 13.2. The van der Waals surface area contributed by atoms with Crippen LogP contribution < -0.4 is 16.4 Å². The number of anilines is 1. The summed E-state index contributed by atoms with van der Waals surface area (Å²) in [4.78, 5) is 0. The Hall–Kier alpha value is -2.86. The van der Waals surface area contributed by atoms with Crippen molar-refractivity contribution < 1.29 is 9.50 Å². The summed E-state index contributed by atoms with van der Waals surface area (Å²) in [6.07, 6.45) is 2.37. The summed E-state index contributed by atoms with van der Waals surface area (Å²) in [5.41, 5.74) is 7.82. The lowest BCUT2D eigenvalue weighted by Crippen LogP contribution is -2.22. The molecule has 0 aromatic heterocycles. The van der Waals surface area contributed by atoms with Crippen LogP contribution in [0.4, 0.5) is 10.1 Å². The van der Waals surface area contributed by atoms with E-state index in [1.807, 2.05) is 6.07 Å². The Morgan fingerprint density at radius 1 is 1.21 bits per heavy atom. The Balaban J connectivity index is 1.81. The molecule has 126 valence electrons. The van der Waals surface area contributed by atoms with Crippen LogP contribution in [0.2, 0.25) is 0 Å². The zero-order chi connectivity index (χ0) is 17.4. The van der Waals surface area contributed by atoms with Crippen molar-refractivity contribution >= 4 is 17.5 Å². The lowest BCUT2D eigenvalue weighted by molar-refractivity contribution is 0.474. The molecule has 6 heteroatoms. The average Bonchev–Trinajstić information content (AvgIpc) is 2.57. The van der Waals surface area contributed by atoms with E-state index >= 15 is 0 Å². The van der Waals surface area contributed by atoms with Gasteiger partial charge in [0.2, 0.25) is 0 Å². The molecule has 0 fully saturated rings. The number of allylic oxidation sites excluding steroid dienone is 1. The highest BCUT2D eigenvalue weighted by Crippen LogP contribution is 2.19. The number of nitrogens with one attached hydrogen (secondary N) is 3. The smallest absolute Gasteiger partial charge is 0.146 e. The molecule has 6 N–H and O–H groups in total. The van der Waals surface area contributed by atoms with Gasteiger partial charge >= 0.3 is 0 Å². The standard InChI is InChI=1S/C18H21FN4O/c19-17-9-14(15(10-20)11-21)4-5-18(17)23-7-6-22-12-13-2-1-3-16(24)8-13/h1-5,8-11,20,22-24H,6-7,12,21H2. The number of aromatic hydroxyl groups is 1. The molecule has 0 spiro atoms. The molecule has 0 aliphatic rings. The largest absolute Gasteiger partial charge is 0.508 e. The van der Waals surface area contributed by atoms with Gasteiger partial charge in [0.1, 0.15) is 11.6 Å². The molecular formula is C18H21FN4O. The van der Waals surface area contributed by atoms with Crippen LogP contribution in [0, 0.1) is 11.2 Å². The molecule has 24 heavy (non-hydrogen) atoms. The first kappa shape index (κ1) is 17.5. The molecule has 5 nitrogen and oxygen atoms in total. The van der Waals surface area contributed by atoms with E-state index in [1.165, 1.54) is 12.3 Å². The molecule has 2 aromatic rings. The maximum absolute atomic E-state index is 14.0. The molecule has 0 atom stereocenters. The fraction of sp³-hybridized carbons (Fsp3) is 0.167. The summed E-state index contributed by atoms with van der Waals surface area (Å²) >= 11 is 0. The number of hydrogen-bond acceptors (Lipinski definition) is 5. The van der Waals surface area contributed by atoms with Crippen molar-refractivity contribution in [1.29, 1.82) is 5.41 Å². The van der Waals surface area contributed by atoms with Crippen LogP contribution >= 0.6 is 0 Å². The maximum Gasteiger partial charge on any atom is 0.146 e. The van der Waals surface area contributed by atoms with Gasteiger partial charge in [0.15, 0.2) is 0 Å². The second kappa shape index (κ2) is 8.69. The zero-order valence-corrected chi connectivity index (χ0v) is 13.2. The topological polar surface area (TPSA) is 94.2 Å². The SMILES string of the molecule is N=CC(=CN)c1ccc(NCCNCc2cccc(O)c2)c(F)c1. The molecule has 2 rings (SSSR count). The van der Waals surface area contributed by atoms with Gasteiger partial charge in [-0.1, -0.05) is 18.2 Å². The molecule has 2 aromatic carbocycles. The lowest BCUT2D eigenvalue weighted by Gasteiger charge is -2.10. The minimum Gasteiger partial charge on any atom is -0.508 e. The normalized spacial score (nSPS) is 11.3. The molecule has 0 bridgehead atoms. The second-order valence-electron chi connectivity index (χ2n) is 5.23.